The Morgan fingerprint density at radius 2 is 1.81 bits per heavy atom. The summed E-state index contributed by atoms with van der Waals surface area (Å²) >= 11 is 2.38. The average molecular weight is 319 g/mol. The Morgan fingerprint density at radius 1 is 0.938 bits per heavy atom. The molecule has 0 saturated heterocycles. The molecule has 0 aliphatic rings. The average Bonchev–Trinajstić information content (AvgIpc) is 2.76. The normalized spacial score (nSPS) is 10.8. The van der Waals surface area contributed by atoms with Crippen LogP contribution in [0.5, 0.6) is 0 Å². The molecule has 78 valence electrons. The van der Waals surface area contributed by atoms with E-state index < -0.39 is 0 Å². The van der Waals surface area contributed by atoms with Crippen LogP contribution >= 0.6 is 22.6 Å². The molecule has 2 aromatic carbocycles. The second-order valence-corrected chi connectivity index (χ2v) is 4.92. The molecule has 16 heavy (non-hydrogen) atoms. The van der Waals surface area contributed by atoms with Gasteiger partial charge in [-0.2, -0.15) is 0 Å². The van der Waals surface area contributed by atoms with Gasteiger partial charge in [-0.1, -0.05) is 24.3 Å². The summed E-state index contributed by atoms with van der Waals surface area (Å²) in [5.74, 6) is 0. The second-order valence-electron chi connectivity index (χ2n) is 3.76. The van der Waals surface area contributed by atoms with Gasteiger partial charge in [0.25, 0.3) is 0 Å². The fourth-order valence-electron chi connectivity index (χ4n) is 1.92. The molecule has 0 saturated carbocycles. The van der Waals surface area contributed by atoms with Gasteiger partial charge in [0.05, 0.1) is 0 Å². The topological polar surface area (TPSA) is 15.8 Å². The molecule has 0 fully saturated rings. The van der Waals surface area contributed by atoms with Crippen LogP contribution in [-0.4, -0.2) is 4.98 Å². The first-order valence-corrected chi connectivity index (χ1v) is 6.24. The van der Waals surface area contributed by atoms with E-state index in [-0.39, 0.29) is 0 Å². The van der Waals surface area contributed by atoms with Gasteiger partial charge < -0.3 is 4.98 Å². The van der Waals surface area contributed by atoms with Crippen molar-refractivity contribution < 1.29 is 0 Å². The van der Waals surface area contributed by atoms with E-state index in [1.165, 1.54) is 25.6 Å². The molecule has 1 aromatic heterocycles. The molecule has 0 aliphatic heterocycles. The van der Waals surface area contributed by atoms with Crippen LogP contribution in [0.3, 0.4) is 0 Å². The summed E-state index contributed by atoms with van der Waals surface area (Å²) in [4.78, 5) is 3.21. The van der Waals surface area contributed by atoms with E-state index >= 15 is 0 Å². The number of fused-ring (bicyclic) bond motifs is 1. The highest BCUT2D eigenvalue weighted by molar-refractivity contribution is 14.1. The largest absolute Gasteiger partial charge is 0.361 e. The van der Waals surface area contributed by atoms with Crippen LogP contribution in [0.15, 0.2) is 54.7 Å². The monoisotopic (exact) mass is 319 g/mol. The maximum atomic E-state index is 3.21. The van der Waals surface area contributed by atoms with Gasteiger partial charge in [0, 0.05) is 15.3 Å². The predicted molar refractivity (Wildman–Crippen MR) is 76.5 cm³/mol. The summed E-state index contributed by atoms with van der Waals surface area (Å²) in [6.45, 7) is 0. The van der Waals surface area contributed by atoms with Crippen molar-refractivity contribution in [1.29, 1.82) is 0 Å². The lowest BCUT2D eigenvalue weighted by atomic mass is 10.0. The smallest absolute Gasteiger partial charge is 0.0454 e. The highest BCUT2D eigenvalue weighted by atomic mass is 127. The molecule has 0 aliphatic carbocycles. The second kappa shape index (κ2) is 3.94. The Bertz CT molecular complexity index is 640. The predicted octanol–water partition coefficient (Wildman–Crippen LogP) is 4.44. The minimum Gasteiger partial charge on any atom is -0.361 e. The number of halogens is 1. The molecule has 3 rings (SSSR count). The van der Waals surface area contributed by atoms with Crippen LogP contribution in [0, 0.1) is 3.57 Å². The number of nitrogens with one attached hydrogen (secondary N) is 1. The molecule has 1 N–H and O–H groups in total. The third-order valence-corrected chi connectivity index (χ3v) is 3.68. The SMILES string of the molecule is Ic1ccccc1-c1ccc2[nH]ccc2c1. The molecule has 1 heterocycles. The standard InChI is InChI=1S/C14H10IN/c15-13-4-2-1-3-12(13)10-5-6-14-11(9-10)7-8-16-14/h1-9,16H. The molecule has 1 nitrogen and oxygen atoms in total. The highest BCUT2D eigenvalue weighted by Gasteiger charge is 2.03. The minimum absolute atomic E-state index is 1.19. The summed E-state index contributed by atoms with van der Waals surface area (Å²) in [6, 6.07) is 17.1. The lowest BCUT2D eigenvalue weighted by Gasteiger charge is -2.04. The number of aromatic nitrogens is 1. The molecular weight excluding hydrogens is 309 g/mol. The first-order valence-electron chi connectivity index (χ1n) is 5.17. The van der Waals surface area contributed by atoms with Crippen molar-refractivity contribution in [2.75, 3.05) is 0 Å². The molecule has 0 atom stereocenters. The Hall–Kier alpha value is -1.29. The van der Waals surface area contributed by atoms with Crippen molar-refractivity contribution in [2.24, 2.45) is 0 Å². The molecule has 0 unspecified atom stereocenters. The van der Waals surface area contributed by atoms with Crippen LogP contribution in [0.25, 0.3) is 22.0 Å². The minimum atomic E-state index is 1.19. The molecule has 2 heteroatoms. The lowest BCUT2D eigenvalue weighted by molar-refractivity contribution is 1.48. The van der Waals surface area contributed by atoms with Crippen molar-refractivity contribution in [2.45, 2.75) is 0 Å². The Morgan fingerprint density at radius 3 is 2.69 bits per heavy atom. The van der Waals surface area contributed by atoms with E-state index in [4.69, 9.17) is 0 Å². The summed E-state index contributed by atoms with van der Waals surface area (Å²) in [5.41, 5.74) is 3.76. The lowest BCUT2D eigenvalue weighted by Crippen LogP contribution is -1.81. The van der Waals surface area contributed by atoms with Crippen LogP contribution in [0.1, 0.15) is 0 Å². The molecule has 0 bridgehead atoms. The zero-order chi connectivity index (χ0) is 11.0. The summed E-state index contributed by atoms with van der Waals surface area (Å²) in [6.07, 6.45) is 1.98. The van der Waals surface area contributed by atoms with Crippen LogP contribution < -0.4 is 0 Å². The summed E-state index contributed by atoms with van der Waals surface area (Å²) in [5, 5.41) is 1.26. The van der Waals surface area contributed by atoms with E-state index in [1.807, 2.05) is 6.20 Å². The zero-order valence-electron chi connectivity index (χ0n) is 8.57. The van der Waals surface area contributed by atoms with Crippen LogP contribution in [0.4, 0.5) is 0 Å². The molecule has 0 amide bonds. The van der Waals surface area contributed by atoms with Crippen molar-refractivity contribution >= 4 is 33.5 Å². The van der Waals surface area contributed by atoms with E-state index in [2.05, 4.69) is 76.1 Å². The van der Waals surface area contributed by atoms with Crippen molar-refractivity contribution in [3.63, 3.8) is 0 Å². The Labute approximate surface area is 108 Å². The van der Waals surface area contributed by atoms with Gasteiger partial charge in [0.2, 0.25) is 0 Å². The number of benzene rings is 2. The Balaban J connectivity index is 2.22. The van der Waals surface area contributed by atoms with Gasteiger partial charge >= 0.3 is 0 Å². The maximum absolute atomic E-state index is 3.21. The van der Waals surface area contributed by atoms with Gasteiger partial charge in [-0.25, -0.2) is 0 Å². The van der Waals surface area contributed by atoms with Gasteiger partial charge in [-0.15, -0.1) is 0 Å². The maximum Gasteiger partial charge on any atom is 0.0454 e. The van der Waals surface area contributed by atoms with Crippen molar-refractivity contribution in [3.8, 4) is 11.1 Å². The van der Waals surface area contributed by atoms with Gasteiger partial charge in [-0.05, 0) is 63.4 Å². The van der Waals surface area contributed by atoms with Crippen molar-refractivity contribution in [3.05, 3.63) is 58.3 Å². The fourth-order valence-corrected chi connectivity index (χ4v) is 2.61. The van der Waals surface area contributed by atoms with E-state index in [9.17, 15) is 0 Å². The third kappa shape index (κ3) is 1.63. The quantitative estimate of drug-likeness (QED) is 0.638. The third-order valence-electron chi connectivity index (χ3n) is 2.74. The van der Waals surface area contributed by atoms with Gasteiger partial charge in [0.15, 0.2) is 0 Å². The van der Waals surface area contributed by atoms with E-state index in [0.29, 0.717) is 0 Å². The number of hydrogen-bond acceptors (Lipinski definition) is 0. The highest BCUT2D eigenvalue weighted by Crippen LogP contribution is 2.27. The van der Waals surface area contributed by atoms with Gasteiger partial charge in [-0.3, -0.25) is 0 Å². The molecule has 3 aromatic rings. The number of hydrogen-bond donors (Lipinski definition) is 1. The molecular formula is C14H10IN. The summed E-state index contributed by atoms with van der Waals surface area (Å²) < 4.78 is 1.29. The van der Waals surface area contributed by atoms with Crippen molar-refractivity contribution in [1.82, 2.24) is 4.98 Å². The number of aromatic amines is 1. The fraction of sp³-hybridized carbons (Fsp3) is 0. The summed E-state index contributed by atoms with van der Waals surface area (Å²) in [7, 11) is 0. The first kappa shape index (κ1) is 9.90. The first-order chi connectivity index (χ1) is 7.84. The number of rotatable bonds is 1. The van der Waals surface area contributed by atoms with Crippen LogP contribution in [-0.2, 0) is 0 Å². The zero-order valence-corrected chi connectivity index (χ0v) is 10.7. The van der Waals surface area contributed by atoms with E-state index in [0.717, 1.165) is 0 Å². The Kier molecular flexibility index (Phi) is 2.44. The molecule has 0 radical (unpaired) electrons. The molecule has 0 spiro atoms. The number of H-pyrrole nitrogens is 1. The van der Waals surface area contributed by atoms with Gasteiger partial charge in [0.1, 0.15) is 0 Å². The van der Waals surface area contributed by atoms with E-state index in [1.54, 1.807) is 0 Å². The van der Waals surface area contributed by atoms with Crippen LogP contribution in [0.2, 0.25) is 0 Å².